The predicted molar refractivity (Wildman–Crippen MR) is 106 cm³/mol. The van der Waals surface area contributed by atoms with Gasteiger partial charge in [0.15, 0.2) is 5.65 Å². The van der Waals surface area contributed by atoms with Crippen molar-refractivity contribution in [3.63, 3.8) is 0 Å². The van der Waals surface area contributed by atoms with E-state index in [-0.39, 0.29) is 11.8 Å². The zero-order valence-electron chi connectivity index (χ0n) is 15.2. The largest absolute Gasteiger partial charge is 0.352 e. The molecule has 1 amide bonds. The van der Waals surface area contributed by atoms with Gasteiger partial charge in [-0.25, -0.2) is 0 Å². The maximum absolute atomic E-state index is 12.7. The molecular weight excluding hydrogens is 362 g/mol. The van der Waals surface area contributed by atoms with Gasteiger partial charge in [-0.15, -0.1) is 10.2 Å². The lowest BCUT2D eigenvalue weighted by atomic mass is 9.97. The van der Waals surface area contributed by atoms with Crippen LogP contribution in [0.3, 0.4) is 0 Å². The van der Waals surface area contributed by atoms with Crippen molar-refractivity contribution >= 4 is 29.1 Å². The summed E-state index contributed by atoms with van der Waals surface area (Å²) in [7, 11) is 0. The van der Waals surface area contributed by atoms with Gasteiger partial charge in [0.2, 0.25) is 11.9 Å². The van der Waals surface area contributed by atoms with E-state index in [0.717, 1.165) is 42.2 Å². The van der Waals surface area contributed by atoms with Crippen molar-refractivity contribution < 1.29 is 4.79 Å². The van der Waals surface area contributed by atoms with Crippen molar-refractivity contribution in [1.82, 2.24) is 19.9 Å². The number of nitrogens with zero attached hydrogens (tertiary/aromatic N) is 4. The number of pyridine rings is 1. The average Bonchev–Trinajstić information content (AvgIpc) is 3.13. The minimum Gasteiger partial charge on any atom is -0.352 e. The zero-order valence-corrected chi connectivity index (χ0v) is 16.0. The molecule has 1 fully saturated rings. The quantitative estimate of drug-likeness (QED) is 0.751. The van der Waals surface area contributed by atoms with Crippen molar-refractivity contribution in [2.24, 2.45) is 5.92 Å². The van der Waals surface area contributed by atoms with Crippen LogP contribution in [0.15, 0.2) is 42.5 Å². The lowest BCUT2D eigenvalue weighted by Gasteiger charge is -2.32. The monoisotopic (exact) mass is 383 g/mol. The molecule has 1 N–H and O–H groups in total. The molecule has 0 unspecified atom stereocenters. The van der Waals surface area contributed by atoms with Gasteiger partial charge >= 0.3 is 0 Å². The maximum atomic E-state index is 12.7. The Balaban J connectivity index is 1.44. The average molecular weight is 384 g/mol. The van der Waals surface area contributed by atoms with E-state index in [1.807, 2.05) is 53.8 Å². The standard InChI is InChI=1S/C20H22ClN5O/c1-14-4-2-6-18-23-24-20(26(14)18)25-11-3-5-16(13-25)19(27)22-12-15-7-9-17(21)10-8-15/h2,4,6-10,16H,3,5,11-13H2,1H3,(H,22,27)/t16-/m1/s1. The van der Waals surface area contributed by atoms with Gasteiger partial charge in [0, 0.05) is 30.4 Å². The van der Waals surface area contributed by atoms with Gasteiger partial charge in [-0.2, -0.15) is 0 Å². The highest BCUT2D eigenvalue weighted by atomic mass is 35.5. The fourth-order valence-electron chi connectivity index (χ4n) is 3.60. The number of nitrogens with one attached hydrogen (secondary N) is 1. The fourth-order valence-corrected chi connectivity index (χ4v) is 3.72. The number of hydrogen-bond donors (Lipinski definition) is 1. The van der Waals surface area contributed by atoms with Crippen LogP contribution in [0, 0.1) is 12.8 Å². The molecule has 0 spiro atoms. The molecule has 0 bridgehead atoms. The Morgan fingerprint density at radius 2 is 2.04 bits per heavy atom. The SMILES string of the molecule is Cc1cccc2nnc(N3CCC[C@@H](C(=O)NCc4ccc(Cl)cc4)C3)n12. The summed E-state index contributed by atoms with van der Waals surface area (Å²) in [6, 6.07) is 13.5. The highest BCUT2D eigenvalue weighted by Gasteiger charge is 2.28. The van der Waals surface area contributed by atoms with E-state index in [1.54, 1.807) is 0 Å². The molecule has 1 aliphatic heterocycles. The Hall–Kier alpha value is -2.60. The summed E-state index contributed by atoms with van der Waals surface area (Å²) < 4.78 is 2.05. The molecule has 6 nitrogen and oxygen atoms in total. The van der Waals surface area contributed by atoms with Crippen LogP contribution >= 0.6 is 11.6 Å². The second-order valence-corrected chi connectivity index (χ2v) is 7.43. The number of benzene rings is 1. The normalized spacial score (nSPS) is 17.3. The van der Waals surface area contributed by atoms with E-state index in [1.165, 1.54) is 0 Å². The van der Waals surface area contributed by atoms with E-state index in [2.05, 4.69) is 20.4 Å². The summed E-state index contributed by atoms with van der Waals surface area (Å²) >= 11 is 5.91. The van der Waals surface area contributed by atoms with E-state index in [9.17, 15) is 4.79 Å². The van der Waals surface area contributed by atoms with Gasteiger partial charge < -0.3 is 10.2 Å². The molecule has 140 valence electrons. The first-order valence-electron chi connectivity index (χ1n) is 9.19. The number of halogens is 1. The lowest BCUT2D eigenvalue weighted by Crippen LogP contribution is -2.43. The van der Waals surface area contributed by atoms with Crippen LogP contribution in [0.25, 0.3) is 5.65 Å². The van der Waals surface area contributed by atoms with Crippen LogP contribution in [0.5, 0.6) is 0 Å². The van der Waals surface area contributed by atoms with Gasteiger partial charge in [-0.3, -0.25) is 9.20 Å². The Morgan fingerprint density at radius 3 is 2.85 bits per heavy atom. The number of piperidine rings is 1. The molecule has 3 aromatic rings. The molecular formula is C20H22ClN5O. The first kappa shape index (κ1) is 17.8. The molecule has 1 saturated heterocycles. The molecule has 3 heterocycles. The third-order valence-electron chi connectivity index (χ3n) is 5.06. The number of rotatable bonds is 4. The Bertz CT molecular complexity index is 953. The number of anilines is 1. The number of carbonyl (C=O) groups excluding carboxylic acids is 1. The van der Waals surface area contributed by atoms with E-state index < -0.39 is 0 Å². The smallest absolute Gasteiger partial charge is 0.231 e. The molecule has 0 radical (unpaired) electrons. The molecule has 7 heteroatoms. The number of aryl methyl sites for hydroxylation is 1. The highest BCUT2D eigenvalue weighted by Crippen LogP contribution is 2.23. The molecule has 27 heavy (non-hydrogen) atoms. The first-order valence-corrected chi connectivity index (χ1v) is 9.57. The maximum Gasteiger partial charge on any atom is 0.231 e. The fraction of sp³-hybridized carbons (Fsp3) is 0.350. The van der Waals surface area contributed by atoms with Crippen LogP contribution < -0.4 is 10.2 Å². The van der Waals surface area contributed by atoms with Gasteiger partial charge in [0.25, 0.3) is 0 Å². The van der Waals surface area contributed by atoms with E-state index in [0.29, 0.717) is 18.1 Å². The summed E-state index contributed by atoms with van der Waals surface area (Å²) in [6.45, 7) is 4.09. The Kier molecular flexibility index (Phi) is 4.99. The van der Waals surface area contributed by atoms with Crippen LogP contribution in [0.2, 0.25) is 5.02 Å². The number of aromatic nitrogens is 3. The molecule has 2 aromatic heterocycles. The van der Waals surface area contributed by atoms with Crippen LogP contribution in [-0.2, 0) is 11.3 Å². The summed E-state index contributed by atoms with van der Waals surface area (Å²) in [6.07, 6.45) is 1.85. The molecule has 0 saturated carbocycles. The second-order valence-electron chi connectivity index (χ2n) is 6.99. The van der Waals surface area contributed by atoms with Crippen LogP contribution in [0.1, 0.15) is 24.1 Å². The van der Waals surface area contributed by atoms with Crippen LogP contribution in [0.4, 0.5) is 5.95 Å². The number of amides is 1. The third-order valence-corrected chi connectivity index (χ3v) is 5.31. The van der Waals surface area contributed by atoms with Gasteiger partial charge in [-0.1, -0.05) is 29.8 Å². The first-order chi connectivity index (χ1) is 13.1. The molecule has 1 aromatic carbocycles. The molecule has 1 aliphatic rings. The summed E-state index contributed by atoms with van der Waals surface area (Å²) in [4.78, 5) is 14.8. The topological polar surface area (TPSA) is 62.5 Å². The van der Waals surface area contributed by atoms with Gasteiger partial charge in [0.1, 0.15) is 0 Å². The van der Waals surface area contributed by atoms with Gasteiger partial charge in [0.05, 0.1) is 5.92 Å². The Labute approximate surface area is 163 Å². The summed E-state index contributed by atoms with van der Waals surface area (Å²) in [5.41, 5.74) is 2.96. The zero-order chi connectivity index (χ0) is 18.8. The highest BCUT2D eigenvalue weighted by molar-refractivity contribution is 6.30. The molecule has 4 rings (SSSR count). The van der Waals surface area contributed by atoms with Crippen molar-refractivity contribution in [2.75, 3.05) is 18.0 Å². The minimum absolute atomic E-state index is 0.0533. The molecule has 1 atom stereocenters. The number of fused-ring (bicyclic) bond motifs is 1. The number of carbonyl (C=O) groups is 1. The molecule has 0 aliphatic carbocycles. The summed E-state index contributed by atoms with van der Waals surface area (Å²) in [5.74, 6) is 0.848. The lowest BCUT2D eigenvalue weighted by molar-refractivity contribution is -0.125. The Morgan fingerprint density at radius 1 is 1.22 bits per heavy atom. The second kappa shape index (κ2) is 7.56. The predicted octanol–water partition coefficient (Wildman–Crippen LogP) is 3.22. The van der Waals surface area contributed by atoms with Gasteiger partial charge in [-0.05, 0) is 49.6 Å². The van der Waals surface area contributed by atoms with Crippen molar-refractivity contribution in [2.45, 2.75) is 26.3 Å². The van der Waals surface area contributed by atoms with Crippen LogP contribution in [-0.4, -0.2) is 33.6 Å². The minimum atomic E-state index is -0.0533. The number of hydrogen-bond acceptors (Lipinski definition) is 4. The summed E-state index contributed by atoms with van der Waals surface area (Å²) in [5, 5.41) is 12.4. The third kappa shape index (κ3) is 3.76. The van der Waals surface area contributed by atoms with E-state index >= 15 is 0 Å². The van der Waals surface area contributed by atoms with Crippen molar-refractivity contribution in [1.29, 1.82) is 0 Å². The van der Waals surface area contributed by atoms with Crippen molar-refractivity contribution in [3.05, 3.63) is 58.7 Å². The van der Waals surface area contributed by atoms with Crippen molar-refractivity contribution in [3.8, 4) is 0 Å². The van der Waals surface area contributed by atoms with E-state index in [4.69, 9.17) is 11.6 Å².